The lowest BCUT2D eigenvalue weighted by Crippen LogP contribution is -2.42. The molecule has 0 spiro atoms. The third-order valence-corrected chi connectivity index (χ3v) is 6.10. The summed E-state index contributed by atoms with van der Waals surface area (Å²) in [4.78, 5) is 15.3. The maximum absolute atomic E-state index is 5.43. The zero-order chi connectivity index (χ0) is 19.2. The van der Waals surface area contributed by atoms with Gasteiger partial charge in [0.2, 0.25) is 5.95 Å². The molecule has 7 heteroatoms. The van der Waals surface area contributed by atoms with E-state index in [-0.39, 0.29) is 0 Å². The Morgan fingerprint density at radius 1 is 1.14 bits per heavy atom. The van der Waals surface area contributed by atoms with E-state index in [1.807, 2.05) is 12.3 Å². The van der Waals surface area contributed by atoms with E-state index >= 15 is 0 Å². The number of aromatic nitrogens is 2. The van der Waals surface area contributed by atoms with Gasteiger partial charge in [0, 0.05) is 43.3 Å². The van der Waals surface area contributed by atoms with Crippen molar-refractivity contribution in [2.75, 3.05) is 55.9 Å². The Hall–Kier alpha value is -1.83. The molecule has 1 unspecified atom stereocenters. The van der Waals surface area contributed by atoms with Gasteiger partial charge in [-0.25, -0.2) is 4.98 Å². The standard InChI is InChI=1S/C21H29N5OS/c1-28-19-6-4-17(5-7-19)15-25-10-2-3-18(16-25)23-20-8-9-22-21(24-20)26-11-13-27-14-12-26/h4-9,18H,2-3,10-16H2,1H3,(H,22,23,24). The summed E-state index contributed by atoms with van der Waals surface area (Å²) in [5.41, 5.74) is 1.38. The number of ether oxygens (including phenoxy) is 1. The van der Waals surface area contributed by atoms with E-state index in [4.69, 9.17) is 9.72 Å². The van der Waals surface area contributed by atoms with Gasteiger partial charge in [0.1, 0.15) is 5.82 Å². The molecule has 2 aliphatic heterocycles. The van der Waals surface area contributed by atoms with Crippen molar-refractivity contribution in [2.24, 2.45) is 0 Å². The lowest BCUT2D eigenvalue weighted by molar-refractivity contribution is 0.122. The van der Waals surface area contributed by atoms with Gasteiger partial charge >= 0.3 is 0 Å². The predicted molar refractivity (Wildman–Crippen MR) is 115 cm³/mol. The number of nitrogens with one attached hydrogen (secondary N) is 1. The molecule has 1 aromatic carbocycles. The van der Waals surface area contributed by atoms with Crippen molar-refractivity contribution in [1.29, 1.82) is 0 Å². The maximum atomic E-state index is 5.43. The van der Waals surface area contributed by atoms with Crippen LogP contribution in [0, 0.1) is 0 Å². The van der Waals surface area contributed by atoms with Crippen molar-refractivity contribution in [3.63, 3.8) is 0 Å². The van der Waals surface area contributed by atoms with Crippen molar-refractivity contribution >= 4 is 23.5 Å². The second-order valence-electron chi connectivity index (χ2n) is 7.41. The van der Waals surface area contributed by atoms with Crippen molar-refractivity contribution in [2.45, 2.75) is 30.3 Å². The lowest BCUT2D eigenvalue weighted by atomic mass is 10.0. The van der Waals surface area contributed by atoms with Crippen LogP contribution < -0.4 is 10.2 Å². The molecule has 1 atom stereocenters. The van der Waals surface area contributed by atoms with Crippen molar-refractivity contribution in [3.8, 4) is 0 Å². The Bertz CT molecular complexity index is 751. The number of hydrogen-bond donors (Lipinski definition) is 1. The molecule has 4 rings (SSSR count). The quantitative estimate of drug-likeness (QED) is 0.749. The topological polar surface area (TPSA) is 53.5 Å². The Kier molecular flexibility index (Phi) is 6.67. The molecule has 1 N–H and O–H groups in total. The minimum Gasteiger partial charge on any atom is -0.378 e. The number of piperidine rings is 1. The minimum atomic E-state index is 0.423. The molecular weight excluding hydrogens is 370 g/mol. The van der Waals surface area contributed by atoms with E-state index in [1.54, 1.807) is 11.8 Å². The first-order valence-electron chi connectivity index (χ1n) is 10.1. The van der Waals surface area contributed by atoms with Gasteiger partial charge in [-0.05, 0) is 49.4 Å². The van der Waals surface area contributed by atoms with Crippen LogP contribution in [0.5, 0.6) is 0 Å². The van der Waals surface area contributed by atoms with Crippen molar-refractivity contribution in [1.82, 2.24) is 14.9 Å². The van der Waals surface area contributed by atoms with Gasteiger partial charge in [0.15, 0.2) is 0 Å². The molecule has 28 heavy (non-hydrogen) atoms. The molecule has 1 aromatic heterocycles. The van der Waals surface area contributed by atoms with Crippen LogP contribution in [0.25, 0.3) is 0 Å². The molecule has 0 radical (unpaired) electrons. The van der Waals surface area contributed by atoms with Crippen molar-refractivity contribution < 1.29 is 4.74 Å². The fourth-order valence-electron chi connectivity index (χ4n) is 3.86. The molecule has 2 fully saturated rings. The molecule has 3 heterocycles. The Morgan fingerprint density at radius 3 is 2.75 bits per heavy atom. The highest BCUT2D eigenvalue weighted by molar-refractivity contribution is 7.98. The number of anilines is 2. The van der Waals surface area contributed by atoms with E-state index in [0.717, 1.165) is 57.7 Å². The van der Waals surface area contributed by atoms with E-state index in [1.165, 1.54) is 23.3 Å². The molecule has 2 aliphatic rings. The Morgan fingerprint density at radius 2 is 1.96 bits per heavy atom. The van der Waals surface area contributed by atoms with Crippen LogP contribution in [-0.2, 0) is 11.3 Å². The van der Waals surface area contributed by atoms with Gasteiger partial charge in [-0.3, -0.25) is 4.90 Å². The minimum absolute atomic E-state index is 0.423. The van der Waals surface area contributed by atoms with Gasteiger partial charge < -0.3 is 15.0 Å². The van der Waals surface area contributed by atoms with Gasteiger partial charge in [0.25, 0.3) is 0 Å². The second kappa shape index (κ2) is 9.58. The zero-order valence-electron chi connectivity index (χ0n) is 16.5. The van der Waals surface area contributed by atoms with Crippen LogP contribution in [0.3, 0.4) is 0 Å². The maximum Gasteiger partial charge on any atom is 0.227 e. The normalized spacial score (nSPS) is 20.9. The number of rotatable bonds is 6. The summed E-state index contributed by atoms with van der Waals surface area (Å²) in [7, 11) is 0. The average molecular weight is 400 g/mol. The van der Waals surface area contributed by atoms with Crippen LogP contribution in [-0.4, -0.2) is 66.6 Å². The molecule has 0 bridgehead atoms. The third-order valence-electron chi connectivity index (χ3n) is 5.36. The number of nitrogens with zero attached hydrogens (tertiary/aromatic N) is 4. The summed E-state index contributed by atoms with van der Waals surface area (Å²) < 4.78 is 5.43. The van der Waals surface area contributed by atoms with E-state index in [0.29, 0.717) is 6.04 Å². The smallest absolute Gasteiger partial charge is 0.227 e. The molecule has 6 nitrogen and oxygen atoms in total. The summed E-state index contributed by atoms with van der Waals surface area (Å²) in [6.45, 7) is 6.42. The molecule has 150 valence electrons. The van der Waals surface area contributed by atoms with Gasteiger partial charge in [0.05, 0.1) is 13.2 Å². The van der Waals surface area contributed by atoms with Crippen LogP contribution >= 0.6 is 11.8 Å². The average Bonchev–Trinajstić information content (AvgIpc) is 2.75. The summed E-state index contributed by atoms with van der Waals surface area (Å²) in [5, 5.41) is 3.64. The second-order valence-corrected chi connectivity index (χ2v) is 8.29. The monoisotopic (exact) mass is 399 g/mol. The number of thioether (sulfide) groups is 1. The first-order valence-corrected chi connectivity index (χ1v) is 11.3. The van der Waals surface area contributed by atoms with E-state index in [2.05, 4.69) is 50.6 Å². The predicted octanol–water partition coefficient (Wildman–Crippen LogP) is 3.11. The summed E-state index contributed by atoms with van der Waals surface area (Å²) >= 11 is 1.79. The number of hydrogen-bond acceptors (Lipinski definition) is 7. The largest absolute Gasteiger partial charge is 0.378 e. The summed E-state index contributed by atoms with van der Waals surface area (Å²) in [6.07, 6.45) is 6.36. The number of morpholine rings is 1. The first-order chi connectivity index (χ1) is 13.8. The van der Waals surface area contributed by atoms with Crippen molar-refractivity contribution in [3.05, 3.63) is 42.1 Å². The zero-order valence-corrected chi connectivity index (χ0v) is 17.3. The van der Waals surface area contributed by atoms with Gasteiger partial charge in [-0.1, -0.05) is 12.1 Å². The van der Waals surface area contributed by atoms with Crippen LogP contribution in [0.4, 0.5) is 11.8 Å². The Balaban J connectivity index is 1.34. The fourth-order valence-corrected chi connectivity index (χ4v) is 4.27. The number of likely N-dealkylation sites (tertiary alicyclic amines) is 1. The van der Waals surface area contributed by atoms with Crippen LogP contribution in [0.1, 0.15) is 18.4 Å². The summed E-state index contributed by atoms with van der Waals surface area (Å²) in [5.74, 6) is 1.72. The van der Waals surface area contributed by atoms with E-state index < -0.39 is 0 Å². The third kappa shape index (κ3) is 5.16. The lowest BCUT2D eigenvalue weighted by Gasteiger charge is -2.33. The molecule has 0 saturated carbocycles. The highest BCUT2D eigenvalue weighted by Crippen LogP contribution is 2.20. The summed E-state index contributed by atoms with van der Waals surface area (Å²) in [6, 6.07) is 11.3. The SMILES string of the molecule is CSc1ccc(CN2CCCC(Nc3ccnc(N4CCOCC4)n3)C2)cc1. The highest BCUT2D eigenvalue weighted by atomic mass is 32.2. The van der Waals surface area contributed by atoms with Gasteiger partial charge in [-0.15, -0.1) is 11.8 Å². The Labute approximate surface area is 171 Å². The number of benzene rings is 1. The van der Waals surface area contributed by atoms with E-state index in [9.17, 15) is 0 Å². The fraction of sp³-hybridized carbons (Fsp3) is 0.524. The molecular formula is C21H29N5OS. The van der Waals surface area contributed by atoms with Gasteiger partial charge in [-0.2, -0.15) is 4.98 Å². The molecule has 0 aliphatic carbocycles. The first kappa shape index (κ1) is 19.5. The molecule has 2 saturated heterocycles. The van der Waals surface area contributed by atoms with Crippen LogP contribution in [0.15, 0.2) is 41.4 Å². The highest BCUT2D eigenvalue weighted by Gasteiger charge is 2.21. The molecule has 2 aromatic rings. The van der Waals surface area contributed by atoms with Crippen LogP contribution in [0.2, 0.25) is 0 Å². The molecule has 0 amide bonds.